The SMILES string of the molecule is Cc1cc(Br)cc(NC(=O)c2ccc(N)cn2)c1. The summed E-state index contributed by atoms with van der Waals surface area (Å²) in [4.78, 5) is 15.9. The highest BCUT2D eigenvalue weighted by atomic mass is 79.9. The summed E-state index contributed by atoms with van der Waals surface area (Å²) in [6, 6.07) is 8.93. The van der Waals surface area contributed by atoms with E-state index < -0.39 is 0 Å². The van der Waals surface area contributed by atoms with Crippen LogP contribution in [0.4, 0.5) is 11.4 Å². The topological polar surface area (TPSA) is 68.0 Å². The van der Waals surface area contributed by atoms with Gasteiger partial charge in [-0.05, 0) is 42.8 Å². The number of anilines is 2. The van der Waals surface area contributed by atoms with Gasteiger partial charge in [-0.15, -0.1) is 0 Å². The standard InChI is InChI=1S/C13H12BrN3O/c1-8-4-9(14)6-11(5-8)17-13(18)12-3-2-10(15)7-16-12/h2-7H,15H2,1H3,(H,17,18). The Hall–Kier alpha value is -1.88. The zero-order valence-corrected chi connectivity index (χ0v) is 11.4. The van der Waals surface area contributed by atoms with Gasteiger partial charge in [-0.25, -0.2) is 4.98 Å². The maximum absolute atomic E-state index is 11.9. The highest BCUT2D eigenvalue weighted by Gasteiger charge is 2.07. The normalized spacial score (nSPS) is 10.1. The second-order valence-corrected chi connectivity index (χ2v) is 4.86. The summed E-state index contributed by atoms with van der Waals surface area (Å²) in [5, 5.41) is 2.79. The molecule has 0 spiro atoms. The van der Waals surface area contributed by atoms with E-state index in [-0.39, 0.29) is 5.91 Å². The van der Waals surface area contributed by atoms with Gasteiger partial charge in [-0.1, -0.05) is 15.9 Å². The van der Waals surface area contributed by atoms with Crippen LogP contribution in [0.2, 0.25) is 0 Å². The van der Waals surface area contributed by atoms with Gasteiger partial charge in [0.2, 0.25) is 0 Å². The average molecular weight is 306 g/mol. The van der Waals surface area contributed by atoms with Crippen LogP contribution in [0.3, 0.4) is 0 Å². The van der Waals surface area contributed by atoms with Gasteiger partial charge in [0.25, 0.3) is 5.91 Å². The Morgan fingerprint density at radius 2 is 2.11 bits per heavy atom. The third-order valence-corrected chi connectivity index (χ3v) is 2.78. The number of nitrogens with one attached hydrogen (secondary N) is 1. The third kappa shape index (κ3) is 3.07. The number of aryl methyl sites for hydroxylation is 1. The molecule has 0 fully saturated rings. The molecule has 92 valence electrons. The van der Waals surface area contributed by atoms with Gasteiger partial charge < -0.3 is 11.1 Å². The summed E-state index contributed by atoms with van der Waals surface area (Å²) in [5.74, 6) is -0.257. The number of carbonyl (C=O) groups is 1. The number of nitrogens with zero attached hydrogens (tertiary/aromatic N) is 1. The molecule has 0 atom stereocenters. The van der Waals surface area contributed by atoms with Crippen LogP contribution in [-0.4, -0.2) is 10.9 Å². The van der Waals surface area contributed by atoms with Crippen LogP contribution in [0.25, 0.3) is 0 Å². The van der Waals surface area contributed by atoms with Crippen molar-refractivity contribution in [3.8, 4) is 0 Å². The Morgan fingerprint density at radius 3 is 2.72 bits per heavy atom. The molecule has 1 aromatic heterocycles. The quantitative estimate of drug-likeness (QED) is 0.896. The maximum Gasteiger partial charge on any atom is 0.274 e. The number of aromatic nitrogens is 1. The minimum Gasteiger partial charge on any atom is -0.397 e. The minimum absolute atomic E-state index is 0.257. The number of hydrogen-bond acceptors (Lipinski definition) is 3. The fourth-order valence-electron chi connectivity index (χ4n) is 1.54. The molecule has 2 rings (SSSR count). The minimum atomic E-state index is -0.257. The van der Waals surface area contributed by atoms with Crippen LogP contribution in [0.1, 0.15) is 16.1 Å². The third-order valence-electron chi connectivity index (χ3n) is 2.32. The van der Waals surface area contributed by atoms with Crippen molar-refractivity contribution in [2.24, 2.45) is 0 Å². The molecule has 0 saturated heterocycles. The zero-order chi connectivity index (χ0) is 13.1. The van der Waals surface area contributed by atoms with Crippen molar-refractivity contribution >= 4 is 33.2 Å². The summed E-state index contributed by atoms with van der Waals surface area (Å²) < 4.78 is 0.920. The number of benzene rings is 1. The highest BCUT2D eigenvalue weighted by molar-refractivity contribution is 9.10. The molecule has 0 aliphatic rings. The van der Waals surface area contributed by atoms with Crippen molar-refractivity contribution in [3.63, 3.8) is 0 Å². The van der Waals surface area contributed by atoms with Crippen molar-refractivity contribution in [2.75, 3.05) is 11.1 Å². The molecule has 1 heterocycles. The monoisotopic (exact) mass is 305 g/mol. The molecular weight excluding hydrogens is 294 g/mol. The number of hydrogen-bond donors (Lipinski definition) is 2. The van der Waals surface area contributed by atoms with Gasteiger partial charge in [-0.2, -0.15) is 0 Å². The molecule has 0 saturated carbocycles. The Morgan fingerprint density at radius 1 is 1.33 bits per heavy atom. The fraction of sp³-hybridized carbons (Fsp3) is 0.0769. The molecule has 1 amide bonds. The Kier molecular flexibility index (Phi) is 3.62. The van der Waals surface area contributed by atoms with Crippen molar-refractivity contribution in [1.82, 2.24) is 4.98 Å². The summed E-state index contributed by atoms with van der Waals surface area (Å²) in [7, 11) is 0. The second kappa shape index (κ2) is 5.18. The zero-order valence-electron chi connectivity index (χ0n) is 9.77. The van der Waals surface area contributed by atoms with Crippen molar-refractivity contribution in [1.29, 1.82) is 0 Å². The van der Waals surface area contributed by atoms with Gasteiger partial charge in [0, 0.05) is 10.2 Å². The van der Waals surface area contributed by atoms with Crippen LogP contribution >= 0.6 is 15.9 Å². The number of carbonyl (C=O) groups excluding carboxylic acids is 1. The first-order valence-corrected chi connectivity index (χ1v) is 6.14. The van der Waals surface area contributed by atoms with Crippen molar-refractivity contribution in [3.05, 3.63) is 52.3 Å². The van der Waals surface area contributed by atoms with E-state index in [2.05, 4.69) is 26.2 Å². The molecule has 18 heavy (non-hydrogen) atoms. The number of nitrogen functional groups attached to an aromatic ring is 1. The first-order valence-electron chi connectivity index (χ1n) is 5.34. The van der Waals surface area contributed by atoms with E-state index in [9.17, 15) is 4.79 Å². The number of pyridine rings is 1. The highest BCUT2D eigenvalue weighted by Crippen LogP contribution is 2.19. The number of rotatable bonds is 2. The molecule has 0 radical (unpaired) electrons. The van der Waals surface area contributed by atoms with E-state index >= 15 is 0 Å². The summed E-state index contributed by atoms with van der Waals surface area (Å²) in [6.07, 6.45) is 1.46. The first-order chi connectivity index (χ1) is 8.54. The van der Waals surface area contributed by atoms with Crippen LogP contribution < -0.4 is 11.1 Å². The lowest BCUT2D eigenvalue weighted by molar-refractivity contribution is 0.102. The van der Waals surface area contributed by atoms with Crippen molar-refractivity contribution in [2.45, 2.75) is 6.92 Å². The Bertz CT molecular complexity index is 561. The van der Waals surface area contributed by atoms with Crippen molar-refractivity contribution < 1.29 is 4.79 Å². The summed E-state index contributed by atoms with van der Waals surface area (Å²) in [6.45, 7) is 1.96. The summed E-state index contributed by atoms with van der Waals surface area (Å²) in [5.41, 5.74) is 8.17. The van der Waals surface area contributed by atoms with Gasteiger partial charge in [0.1, 0.15) is 5.69 Å². The van der Waals surface area contributed by atoms with Crippen LogP contribution in [0, 0.1) is 6.92 Å². The molecule has 1 aromatic carbocycles. The molecule has 2 aromatic rings. The average Bonchev–Trinajstić information content (AvgIpc) is 2.28. The predicted octanol–water partition coefficient (Wildman–Crippen LogP) is 2.99. The molecule has 0 unspecified atom stereocenters. The molecule has 0 aliphatic carbocycles. The van der Waals surface area contributed by atoms with Gasteiger partial charge in [-0.3, -0.25) is 4.79 Å². The number of nitrogens with two attached hydrogens (primary N) is 1. The molecular formula is C13H12BrN3O. The van der Waals surface area contributed by atoms with Gasteiger partial charge in [0.15, 0.2) is 0 Å². The first kappa shape index (κ1) is 12.6. The molecule has 3 N–H and O–H groups in total. The molecule has 5 heteroatoms. The number of amides is 1. The Balaban J connectivity index is 2.18. The lowest BCUT2D eigenvalue weighted by Gasteiger charge is -2.06. The lowest BCUT2D eigenvalue weighted by atomic mass is 10.2. The van der Waals surface area contributed by atoms with E-state index in [4.69, 9.17) is 5.73 Å². The predicted molar refractivity (Wildman–Crippen MR) is 75.5 cm³/mol. The summed E-state index contributed by atoms with van der Waals surface area (Å²) >= 11 is 3.39. The van der Waals surface area contributed by atoms with E-state index in [1.165, 1.54) is 6.20 Å². The molecule has 4 nitrogen and oxygen atoms in total. The van der Waals surface area contributed by atoms with Crippen LogP contribution in [0.5, 0.6) is 0 Å². The fourth-order valence-corrected chi connectivity index (χ4v) is 2.15. The molecule has 0 aliphatic heterocycles. The van der Waals surface area contributed by atoms with Crippen LogP contribution in [0.15, 0.2) is 41.0 Å². The lowest BCUT2D eigenvalue weighted by Crippen LogP contribution is -2.13. The van der Waals surface area contributed by atoms with Gasteiger partial charge >= 0.3 is 0 Å². The smallest absolute Gasteiger partial charge is 0.274 e. The van der Waals surface area contributed by atoms with E-state index in [1.54, 1.807) is 12.1 Å². The van der Waals surface area contributed by atoms with E-state index in [0.29, 0.717) is 11.4 Å². The number of halogens is 1. The Labute approximate surface area is 113 Å². The van der Waals surface area contributed by atoms with Crippen LogP contribution in [-0.2, 0) is 0 Å². The maximum atomic E-state index is 11.9. The van der Waals surface area contributed by atoms with E-state index in [0.717, 1.165) is 15.7 Å². The second-order valence-electron chi connectivity index (χ2n) is 3.95. The van der Waals surface area contributed by atoms with E-state index in [1.807, 2.05) is 25.1 Å². The molecule has 0 bridgehead atoms. The van der Waals surface area contributed by atoms with Gasteiger partial charge in [0.05, 0.1) is 11.9 Å². The largest absolute Gasteiger partial charge is 0.397 e.